The van der Waals surface area contributed by atoms with Crippen molar-refractivity contribution >= 4 is 33.7 Å². The van der Waals surface area contributed by atoms with Crippen LogP contribution >= 0.6 is 15.9 Å². The number of halogens is 1. The van der Waals surface area contributed by atoms with Gasteiger partial charge in [-0.15, -0.1) is 0 Å². The zero-order valence-electron chi connectivity index (χ0n) is 13.6. The lowest BCUT2D eigenvalue weighted by atomic mass is 10.2. The van der Waals surface area contributed by atoms with E-state index in [1.165, 1.54) is 0 Å². The van der Waals surface area contributed by atoms with Crippen LogP contribution in [0, 0.1) is 0 Å². The Balaban J connectivity index is 3.91. The van der Waals surface area contributed by atoms with E-state index >= 15 is 0 Å². The number of hydrogen-bond donors (Lipinski definition) is 0. The molecule has 1 atom stereocenters. The number of carbonyl (C=O) groups is 3. The van der Waals surface area contributed by atoms with E-state index in [2.05, 4.69) is 29.8 Å². The molecule has 0 aromatic rings. The maximum absolute atomic E-state index is 11.7. The molecule has 0 bridgehead atoms. The smallest absolute Gasteiger partial charge is 0.376 e. The van der Waals surface area contributed by atoms with Crippen LogP contribution in [0.2, 0.25) is 0 Å². The van der Waals surface area contributed by atoms with Crippen LogP contribution in [0.1, 0.15) is 65.2 Å². The molecule has 0 saturated heterocycles. The van der Waals surface area contributed by atoms with E-state index in [1.807, 2.05) is 0 Å². The van der Waals surface area contributed by atoms with Crippen molar-refractivity contribution in [3.05, 3.63) is 0 Å². The Morgan fingerprint density at radius 1 is 0.818 bits per heavy atom. The van der Waals surface area contributed by atoms with Crippen molar-refractivity contribution in [3.63, 3.8) is 0 Å². The summed E-state index contributed by atoms with van der Waals surface area (Å²) < 4.78 is 9.82. The predicted octanol–water partition coefficient (Wildman–Crippen LogP) is 3.57. The Morgan fingerprint density at radius 2 is 1.32 bits per heavy atom. The first-order valence-corrected chi connectivity index (χ1v) is 8.97. The Labute approximate surface area is 141 Å². The van der Waals surface area contributed by atoms with E-state index in [9.17, 15) is 14.4 Å². The van der Waals surface area contributed by atoms with Crippen LogP contribution < -0.4 is 0 Å². The zero-order valence-corrected chi connectivity index (χ0v) is 15.2. The summed E-state index contributed by atoms with van der Waals surface area (Å²) in [5.74, 6) is -2.63. The monoisotopic (exact) mass is 378 g/mol. The highest BCUT2D eigenvalue weighted by atomic mass is 79.9. The SMILES string of the molecule is CCCCCCOC(=O)C(=O)C(Br)C(=O)OCCCCCC. The summed E-state index contributed by atoms with van der Waals surface area (Å²) in [6.07, 6.45) is 7.74. The van der Waals surface area contributed by atoms with Gasteiger partial charge >= 0.3 is 11.9 Å². The number of ether oxygens (including phenoxy) is 2. The number of ketones is 1. The van der Waals surface area contributed by atoms with Crippen LogP contribution in [0.15, 0.2) is 0 Å². The summed E-state index contributed by atoms with van der Waals surface area (Å²) in [6.45, 7) is 4.64. The average Bonchev–Trinajstić information content (AvgIpc) is 2.52. The summed E-state index contributed by atoms with van der Waals surface area (Å²) in [5, 5.41) is 0. The van der Waals surface area contributed by atoms with E-state index in [1.54, 1.807) is 0 Å². The van der Waals surface area contributed by atoms with E-state index in [0.29, 0.717) is 0 Å². The minimum absolute atomic E-state index is 0.205. The number of unbranched alkanes of at least 4 members (excludes halogenated alkanes) is 6. The van der Waals surface area contributed by atoms with Gasteiger partial charge in [-0.25, -0.2) is 4.79 Å². The second-order valence-electron chi connectivity index (χ2n) is 5.15. The number of Topliss-reactive ketones (excluding diaryl/α,β-unsaturated/α-hetero) is 1. The third-order valence-electron chi connectivity index (χ3n) is 3.11. The molecule has 0 aromatic heterocycles. The number of alkyl halides is 1. The van der Waals surface area contributed by atoms with Crippen molar-refractivity contribution < 1.29 is 23.9 Å². The molecule has 0 rings (SSSR count). The van der Waals surface area contributed by atoms with Gasteiger partial charge in [-0.2, -0.15) is 0 Å². The second-order valence-corrected chi connectivity index (χ2v) is 6.07. The lowest BCUT2D eigenvalue weighted by molar-refractivity contribution is -0.157. The molecular formula is C16H27BrO5. The van der Waals surface area contributed by atoms with Gasteiger partial charge < -0.3 is 9.47 Å². The fraction of sp³-hybridized carbons (Fsp3) is 0.812. The molecule has 128 valence electrons. The number of esters is 2. The lowest BCUT2D eigenvalue weighted by Gasteiger charge is -2.09. The van der Waals surface area contributed by atoms with Crippen LogP contribution in [0.5, 0.6) is 0 Å². The van der Waals surface area contributed by atoms with Crippen molar-refractivity contribution in [2.24, 2.45) is 0 Å². The highest BCUT2D eigenvalue weighted by Crippen LogP contribution is 2.08. The van der Waals surface area contributed by atoms with Crippen molar-refractivity contribution in [1.82, 2.24) is 0 Å². The summed E-state index contributed by atoms with van der Waals surface area (Å²) >= 11 is 2.90. The quantitative estimate of drug-likeness (QED) is 0.161. The van der Waals surface area contributed by atoms with Crippen LogP contribution in [0.3, 0.4) is 0 Å². The van der Waals surface area contributed by atoms with Crippen molar-refractivity contribution in [2.75, 3.05) is 13.2 Å². The molecule has 6 heteroatoms. The third kappa shape index (κ3) is 9.92. The molecule has 0 N–H and O–H groups in total. The van der Waals surface area contributed by atoms with Crippen LogP contribution in [0.4, 0.5) is 0 Å². The fourth-order valence-corrected chi connectivity index (χ4v) is 2.07. The van der Waals surface area contributed by atoms with Crippen LogP contribution in [0.25, 0.3) is 0 Å². The summed E-state index contributed by atoms with van der Waals surface area (Å²) in [5.41, 5.74) is 0. The molecule has 0 amide bonds. The largest absolute Gasteiger partial charge is 0.465 e. The van der Waals surface area contributed by atoms with E-state index in [-0.39, 0.29) is 13.2 Å². The lowest BCUT2D eigenvalue weighted by Crippen LogP contribution is -2.33. The van der Waals surface area contributed by atoms with Gasteiger partial charge in [0.25, 0.3) is 5.78 Å². The average molecular weight is 379 g/mol. The molecule has 0 saturated carbocycles. The molecule has 0 spiro atoms. The van der Waals surface area contributed by atoms with Gasteiger partial charge in [-0.1, -0.05) is 68.3 Å². The summed E-state index contributed by atoms with van der Waals surface area (Å²) in [4.78, 5) is 33.6. The molecule has 0 aliphatic rings. The minimum atomic E-state index is -1.28. The highest BCUT2D eigenvalue weighted by Gasteiger charge is 2.31. The van der Waals surface area contributed by atoms with Crippen molar-refractivity contribution in [3.8, 4) is 0 Å². The summed E-state index contributed by atoms with van der Waals surface area (Å²) in [6, 6.07) is 0. The normalized spacial score (nSPS) is 11.8. The maximum Gasteiger partial charge on any atom is 0.376 e. The Kier molecular flexibility index (Phi) is 13.2. The Morgan fingerprint density at radius 3 is 1.82 bits per heavy atom. The van der Waals surface area contributed by atoms with Gasteiger partial charge in [0.1, 0.15) is 0 Å². The molecule has 0 radical (unpaired) electrons. The molecule has 1 unspecified atom stereocenters. The van der Waals surface area contributed by atoms with Crippen molar-refractivity contribution in [2.45, 2.75) is 70.0 Å². The van der Waals surface area contributed by atoms with Gasteiger partial charge in [-0.05, 0) is 12.8 Å². The number of carbonyl (C=O) groups excluding carboxylic acids is 3. The first kappa shape index (κ1) is 21.1. The molecule has 22 heavy (non-hydrogen) atoms. The molecule has 0 heterocycles. The van der Waals surface area contributed by atoms with E-state index < -0.39 is 22.5 Å². The maximum atomic E-state index is 11.7. The Bertz CT molecular complexity index is 343. The minimum Gasteiger partial charge on any atom is -0.465 e. The standard InChI is InChI=1S/C16H27BrO5/c1-3-5-7-9-11-21-15(19)13(17)14(18)16(20)22-12-10-8-6-4-2/h13H,3-12H2,1-2H3. The number of rotatable bonds is 13. The zero-order chi connectivity index (χ0) is 16.8. The van der Waals surface area contributed by atoms with Gasteiger partial charge in [0.2, 0.25) is 0 Å². The van der Waals surface area contributed by atoms with Gasteiger partial charge in [-0.3, -0.25) is 9.59 Å². The topological polar surface area (TPSA) is 69.7 Å². The highest BCUT2D eigenvalue weighted by molar-refractivity contribution is 9.10. The first-order chi connectivity index (χ1) is 10.5. The van der Waals surface area contributed by atoms with Gasteiger partial charge in [0.05, 0.1) is 13.2 Å². The molecule has 5 nitrogen and oxygen atoms in total. The fourth-order valence-electron chi connectivity index (χ4n) is 1.75. The Hall–Kier alpha value is -0.910. The predicted molar refractivity (Wildman–Crippen MR) is 87.9 cm³/mol. The summed E-state index contributed by atoms with van der Waals surface area (Å²) in [7, 11) is 0. The molecule has 0 aliphatic heterocycles. The second kappa shape index (κ2) is 13.7. The number of hydrogen-bond acceptors (Lipinski definition) is 5. The van der Waals surface area contributed by atoms with Crippen LogP contribution in [-0.4, -0.2) is 35.8 Å². The van der Waals surface area contributed by atoms with Crippen molar-refractivity contribution in [1.29, 1.82) is 0 Å². The molecule has 0 aromatic carbocycles. The first-order valence-electron chi connectivity index (χ1n) is 8.06. The van der Waals surface area contributed by atoms with Crippen LogP contribution in [-0.2, 0) is 23.9 Å². The van der Waals surface area contributed by atoms with E-state index in [0.717, 1.165) is 51.4 Å². The van der Waals surface area contributed by atoms with Gasteiger partial charge in [0, 0.05) is 0 Å². The molecule has 0 fully saturated rings. The molecule has 0 aliphatic carbocycles. The molecular weight excluding hydrogens is 352 g/mol. The van der Waals surface area contributed by atoms with Gasteiger partial charge in [0.15, 0.2) is 4.83 Å². The van der Waals surface area contributed by atoms with E-state index in [4.69, 9.17) is 9.47 Å². The third-order valence-corrected chi connectivity index (χ3v) is 3.90.